The molecule has 0 aromatic carbocycles. The smallest absolute Gasteiger partial charge is 0.0465 e. The van der Waals surface area contributed by atoms with Gasteiger partial charge in [0.05, 0.1) is 0 Å². The van der Waals surface area contributed by atoms with E-state index in [1.54, 1.807) is 7.11 Å². The van der Waals surface area contributed by atoms with E-state index in [4.69, 9.17) is 10.6 Å². The molecule has 0 bridgehead atoms. The molecule has 0 saturated carbocycles. The van der Waals surface area contributed by atoms with Crippen LogP contribution >= 0.6 is 0 Å². The summed E-state index contributed by atoms with van der Waals surface area (Å²) in [4.78, 5) is 4.85. The van der Waals surface area contributed by atoms with Crippen LogP contribution in [0.5, 0.6) is 0 Å². The normalized spacial score (nSPS) is 26.8. The molecule has 5 nitrogen and oxygen atoms in total. The summed E-state index contributed by atoms with van der Waals surface area (Å²) in [6.07, 6.45) is 2.27. The molecular formula is C13H30N4O. The van der Waals surface area contributed by atoms with Crippen molar-refractivity contribution in [2.24, 2.45) is 11.8 Å². The van der Waals surface area contributed by atoms with E-state index in [1.165, 1.54) is 13.0 Å². The lowest BCUT2D eigenvalue weighted by molar-refractivity contribution is 0.122. The molecule has 0 aliphatic carbocycles. The molecule has 1 aliphatic heterocycles. The molecule has 3 unspecified atom stereocenters. The molecule has 1 fully saturated rings. The fourth-order valence-electron chi connectivity index (χ4n) is 2.83. The summed E-state index contributed by atoms with van der Waals surface area (Å²) in [6, 6.07) is 0.778. The van der Waals surface area contributed by atoms with E-state index < -0.39 is 0 Å². The van der Waals surface area contributed by atoms with Crippen molar-refractivity contribution in [1.29, 1.82) is 0 Å². The van der Waals surface area contributed by atoms with E-state index in [1.807, 2.05) is 0 Å². The number of methoxy groups -OCH3 is 1. The van der Waals surface area contributed by atoms with E-state index in [-0.39, 0.29) is 0 Å². The predicted molar refractivity (Wildman–Crippen MR) is 75.3 cm³/mol. The molecule has 0 aromatic rings. The third kappa shape index (κ3) is 4.48. The third-order valence-corrected chi connectivity index (χ3v) is 4.11. The molecule has 18 heavy (non-hydrogen) atoms. The molecule has 0 spiro atoms. The Kier molecular flexibility index (Phi) is 7.11. The van der Waals surface area contributed by atoms with Crippen molar-refractivity contribution < 1.29 is 4.74 Å². The second kappa shape index (κ2) is 8.07. The Hall–Kier alpha value is -0.200. The van der Waals surface area contributed by atoms with Gasteiger partial charge in [-0.2, -0.15) is 0 Å². The van der Waals surface area contributed by atoms with Crippen LogP contribution in [0, 0.1) is 5.92 Å². The Balaban J connectivity index is 2.64. The Morgan fingerprint density at radius 2 is 2.11 bits per heavy atom. The van der Waals surface area contributed by atoms with Crippen LogP contribution in [0.4, 0.5) is 0 Å². The predicted octanol–water partition coefficient (Wildman–Crippen LogP) is 0.127. The molecule has 1 rings (SSSR count). The van der Waals surface area contributed by atoms with E-state index in [2.05, 4.69) is 36.2 Å². The van der Waals surface area contributed by atoms with Gasteiger partial charge in [0, 0.05) is 32.3 Å². The summed E-state index contributed by atoms with van der Waals surface area (Å²) >= 11 is 0. The Bertz CT molecular complexity index is 227. The second-order valence-corrected chi connectivity index (χ2v) is 5.61. The first-order valence-corrected chi connectivity index (χ1v) is 6.94. The Morgan fingerprint density at radius 1 is 1.39 bits per heavy atom. The van der Waals surface area contributed by atoms with Gasteiger partial charge in [-0.05, 0) is 45.9 Å². The van der Waals surface area contributed by atoms with Crippen molar-refractivity contribution in [2.45, 2.75) is 31.8 Å². The number of nitrogens with zero attached hydrogens (tertiary/aromatic N) is 2. The van der Waals surface area contributed by atoms with Crippen molar-refractivity contribution in [2.75, 3.05) is 47.4 Å². The highest BCUT2D eigenvalue weighted by atomic mass is 16.5. The minimum Gasteiger partial charge on any atom is -0.385 e. The standard InChI is InChI=1S/C13H30N4O/c1-11(6-9-18-4)13(15-14)12-10-16(2)7-5-8-17(12)3/h11-13,15H,5-10,14H2,1-4H3. The molecule has 0 aromatic heterocycles. The lowest BCUT2D eigenvalue weighted by atomic mass is 9.91. The fraction of sp³-hybridized carbons (Fsp3) is 1.00. The van der Waals surface area contributed by atoms with Crippen LogP contribution in [0.2, 0.25) is 0 Å². The van der Waals surface area contributed by atoms with Crippen molar-refractivity contribution in [3.63, 3.8) is 0 Å². The van der Waals surface area contributed by atoms with Crippen molar-refractivity contribution >= 4 is 0 Å². The van der Waals surface area contributed by atoms with E-state index in [0.29, 0.717) is 18.0 Å². The first-order chi connectivity index (χ1) is 8.60. The van der Waals surface area contributed by atoms with Crippen LogP contribution in [0.25, 0.3) is 0 Å². The zero-order chi connectivity index (χ0) is 13.5. The van der Waals surface area contributed by atoms with E-state index in [0.717, 1.165) is 26.1 Å². The number of likely N-dealkylation sites (N-methyl/N-ethyl adjacent to an activating group) is 2. The first-order valence-electron chi connectivity index (χ1n) is 6.94. The maximum absolute atomic E-state index is 5.80. The van der Waals surface area contributed by atoms with Crippen molar-refractivity contribution in [1.82, 2.24) is 15.2 Å². The van der Waals surface area contributed by atoms with Crippen LogP contribution in [0.15, 0.2) is 0 Å². The van der Waals surface area contributed by atoms with Gasteiger partial charge in [-0.15, -0.1) is 0 Å². The SMILES string of the molecule is COCCC(C)C(NN)C1CN(C)CCCN1C. The number of hydrogen-bond donors (Lipinski definition) is 2. The second-order valence-electron chi connectivity index (χ2n) is 5.61. The number of nitrogens with two attached hydrogens (primary N) is 1. The number of rotatable bonds is 6. The Labute approximate surface area is 112 Å². The summed E-state index contributed by atoms with van der Waals surface area (Å²) in [5.41, 5.74) is 3.04. The highest BCUT2D eigenvalue weighted by Gasteiger charge is 2.31. The van der Waals surface area contributed by atoms with Crippen LogP contribution in [-0.2, 0) is 4.74 Å². The number of ether oxygens (including phenoxy) is 1. The van der Waals surface area contributed by atoms with Gasteiger partial charge in [0.25, 0.3) is 0 Å². The average molecular weight is 258 g/mol. The summed E-state index contributed by atoms with van der Waals surface area (Å²) in [5.74, 6) is 6.31. The molecule has 1 saturated heterocycles. The van der Waals surface area contributed by atoms with Gasteiger partial charge >= 0.3 is 0 Å². The number of nitrogens with one attached hydrogen (secondary N) is 1. The van der Waals surface area contributed by atoms with E-state index >= 15 is 0 Å². The highest BCUT2D eigenvalue weighted by molar-refractivity contribution is 4.89. The maximum Gasteiger partial charge on any atom is 0.0465 e. The van der Waals surface area contributed by atoms with Gasteiger partial charge in [0.15, 0.2) is 0 Å². The van der Waals surface area contributed by atoms with Crippen LogP contribution in [-0.4, -0.2) is 69.3 Å². The van der Waals surface area contributed by atoms with Crippen LogP contribution in [0.3, 0.4) is 0 Å². The van der Waals surface area contributed by atoms with Crippen LogP contribution in [0.1, 0.15) is 19.8 Å². The fourth-order valence-corrected chi connectivity index (χ4v) is 2.83. The van der Waals surface area contributed by atoms with Crippen LogP contribution < -0.4 is 11.3 Å². The third-order valence-electron chi connectivity index (χ3n) is 4.11. The first kappa shape index (κ1) is 15.9. The molecule has 108 valence electrons. The zero-order valence-corrected chi connectivity index (χ0v) is 12.4. The molecule has 1 heterocycles. The zero-order valence-electron chi connectivity index (χ0n) is 12.4. The Morgan fingerprint density at radius 3 is 2.72 bits per heavy atom. The summed E-state index contributed by atoms with van der Waals surface area (Å²) in [7, 11) is 6.15. The minimum atomic E-state index is 0.311. The molecular weight excluding hydrogens is 228 g/mol. The molecule has 5 heteroatoms. The minimum absolute atomic E-state index is 0.311. The molecule has 0 radical (unpaired) electrons. The molecule has 3 N–H and O–H groups in total. The van der Waals surface area contributed by atoms with Crippen molar-refractivity contribution in [3.8, 4) is 0 Å². The molecule has 0 amide bonds. The molecule has 1 aliphatic rings. The quantitative estimate of drug-likeness (QED) is 0.524. The maximum atomic E-state index is 5.80. The lowest BCUT2D eigenvalue weighted by Gasteiger charge is -2.37. The molecule has 3 atom stereocenters. The number of hydrazine groups is 1. The number of hydrogen-bond acceptors (Lipinski definition) is 5. The van der Waals surface area contributed by atoms with Gasteiger partial charge in [-0.1, -0.05) is 6.92 Å². The van der Waals surface area contributed by atoms with E-state index in [9.17, 15) is 0 Å². The van der Waals surface area contributed by atoms with Gasteiger partial charge in [0.1, 0.15) is 0 Å². The van der Waals surface area contributed by atoms with Crippen molar-refractivity contribution in [3.05, 3.63) is 0 Å². The summed E-state index contributed by atoms with van der Waals surface area (Å²) in [6.45, 7) is 6.44. The lowest BCUT2D eigenvalue weighted by Crippen LogP contribution is -2.57. The monoisotopic (exact) mass is 258 g/mol. The summed E-state index contributed by atoms with van der Waals surface area (Å²) in [5, 5.41) is 0. The largest absolute Gasteiger partial charge is 0.385 e. The van der Waals surface area contributed by atoms with Gasteiger partial charge < -0.3 is 14.5 Å². The summed E-state index contributed by atoms with van der Waals surface area (Å²) < 4.78 is 5.17. The van der Waals surface area contributed by atoms with Gasteiger partial charge in [0.2, 0.25) is 0 Å². The van der Waals surface area contributed by atoms with Gasteiger partial charge in [-0.3, -0.25) is 11.3 Å². The topological polar surface area (TPSA) is 53.8 Å². The average Bonchev–Trinajstić information content (AvgIpc) is 2.50. The highest BCUT2D eigenvalue weighted by Crippen LogP contribution is 2.18. The van der Waals surface area contributed by atoms with Gasteiger partial charge in [-0.25, -0.2) is 0 Å².